The lowest BCUT2D eigenvalue weighted by Crippen LogP contribution is -2.49. The van der Waals surface area contributed by atoms with E-state index in [1.54, 1.807) is 0 Å². The first-order valence-electron chi connectivity index (χ1n) is 8.48. The highest BCUT2D eigenvalue weighted by Crippen LogP contribution is 2.25. The van der Waals surface area contributed by atoms with E-state index in [0.29, 0.717) is 0 Å². The van der Waals surface area contributed by atoms with Gasteiger partial charge in [0.15, 0.2) is 0 Å². The predicted octanol–water partition coefficient (Wildman–Crippen LogP) is 2.56. The second-order valence-corrected chi connectivity index (χ2v) is 6.42. The molecule has 116 valence electrons. The van der Waals surface area contributed by atoms with Crippen molar-refractivity contribution in [3.8, 4) is 0 Å². The molecule has 1 unspecified atom stereocenters. The number of aromatic nitrogens is 1. The van der Waals surface area contributed by atoms with Gasteiger partial charge in [-0.15, -0.1) is 0 Å². The number of nitrogens with two attached hydrogens (primary N) is 1. The van der Waals surface area contributed by atoms with E-state index >= 15 is 0 Å². The van der Waals surface area contributed by atoms with Crippen molar-refractivity contribution < 1.29 is 0 Å². The molecule has 0 aromatic carbocycles. The van der Waals surface area contributed by atoms with Crippen LogP contribution in [0.15, 0.2) is 18.3 Å². The monoisotopic (exact) mass is 288 g/mol. The van der Waals surface area contributed by atoms with Crippen LogP contribution in [0.4, 0.5) is 5.69 Å². The van der Waals surface area contributed by atoms with E-state index in [4.69, 9.17) is 5.73 Å². The van der Waals surface area contributed by atoms with Crippen LogP contribution < -0.4 is 10.6 Å². The molecule has 3 rings (SSSR count). The minimum Gasteiger partial charge on any atom is -0.368 e. The number of hydrogen-bond donors (Lipinski definition) is 1. The van der Waals surface area contributed by atoms with Crippen LogP contribution in [0.2, 0.25) is 0 Å². The molecule has 1 aromatic rings. The number of nitrogens with zero attached hydrogens (tertiary/aromatic N) is 3. The zero-order valence-corrected chi connectivity index (χ0v) is 13.2. The fourth-order valence-corrected chi connectivity index (χ4v) is 3.63. The molecule has 2 N–H and O–H groups in total. The zero-order valence-electron chi connectivity index (χ0n) is 13.2. The van der Waals surface area contributed by atoms with Crippen molar-refractivity contribution in [1.29, 1.82) is 0 Å². The van der Waals surface area contributed by atoms with Gasteiger partial charge in [-0.3, -0.25) is 9.88 Å². The maximum Gasteiger partial charge on any atom is 0.0572 e. The van der Waals surface area contributed by atoms with Gasteiger partial charge < -0.3 is 10.6 Å². The average Bonchev–Trinajstić information content (AvgIpc) is 3.09. The van der Waals surface area contributed by atoms with Crippen molar-refractivity contribution in [2.45, 2.75) is 51.1 Å². The maximum atomic E-state index is 6.03. The van der Waals surface area contributed by atoms with Crippen molar-refractivity contribution in [3.63, 3.8) is 0 Å². The third-order valence-electron chi connectivity index (χ3n) is 5.11. The Hall–Kier alpha value is -1.13. The SMILES string of the molecule is CCC(N)c1ccc(N2CCN(C3CCCC3)CC2)cn1. The summed E-state index contributed by atoms with van der Waals surface area (Å²) in [5.74, 6) is 0. The number of piperazine rings is 1. The Kier molecular flexibility index (Phi) is 4.76. The van der Waals surface area contributed by atoms with Crippen molar-refractivity contribution in [1.82, 2.24) is 9.88 Å². The van der Waals surface area contributed by atoms with Crippen molar-refractivity contribution >= 4 is 5.69 Å². The van der Waals surface area contributed by atoms with Gasteiger partial charge in [-0.25, -0.2) is 0 Å². The second-order valence-electron chi connectivity index (χ2n) is 6.42. The average molecular weight is 288 g/mol. The number of hydrogen-bond acceptors (Lipinski definition) is 4. The summed E-state index contributed by atoms with van der Waals surface area (Å²) in [5, 5.41) is 0. The van der Waals surface area contributed by atoms with E-state index in [2.05, 4.69) is 33.8 Å². The summed E-state index contributed by atoms with van der Waals surface area (Å²) in [6, 6.07) is 5.20. The molecule has 1 atom stereocenters. The molecule has 1 aliphatic heterocycles. The predicted molar refractivity (Wildman–Crippen MR) is 87.5 cm³/mol. The first-order valence-corrected chi connectivity index (χ1v) is 8.48. The second kappa shape index (κ2) is 6.75. The summed E-state index contributed by atoms with van der Waals surface area (Å²) < 4.78 is 0. The Labute approximate surface area is 128 Å². The highest BCUT2D eigenvalue weighted by molar-refractivity contribution is 5.45. The van der Waals surface area contributed by atoms with Gasteiger partial charge in [0.1, 0.15) is 0 Å². The third-order valence-corrected chi connectivity index (χ3v) is 5.11. The summed E-state index contributed by atoms with van der Waals surface area (Å²) in [6.07, 6.45) is 8.60. The quantitative estimate of drug-likeness (QED) is 0.925. The minimum atomic E-state index is 0.0678. The van der Waals surface area contributed by atoms with Gasteiger partial charge in [-0.05, 0) is 31.4 Å². The normalized spacial score (nSPS) is 22.7. The molecule has 1 aromatic heterocycles. The molecule has 0 amide bonds. The molecular weight excluding hydrogens is 260 g/mol. The molecule has 4 nitrogen and oxygen atoms in total. The molecule has 1 saturated heterocycles. The van der Waals surface area contributed by atoms with E-state index in [-0.39, 0.29) is 6.04 Å². The molecule has 21 heavy (non-hydrogen) atoms. The standard InChI is InChI=1S/C17H28N4/c1-2-16(18)17-8-7-15(13-19-17)21-11-9-20(10-12-21)14-5-3-4-6-14/h7-8,13-14,16H,2-6,9-12,18H2,1H3. The van der Waals surface area contributed by atoms with E-state index in [0.717, 1.165) is 31.2 Å². The van der Waals surface area contributed by atoms with Crippen LogP contribution in [0.5, 0.6) is 0 Å². The Morgan fingerprint density at radius 1 is 1.19 bits per heavy atom. The lowest BCUT2D eigenvalue weighted by molar-refractivity contribution is 0.187. The van der Waals surface area contributed by atoms with Gasteiger partial charge in [-0.2, -0.15) is 0 Å². The van der Waals surface area contributed by atoms with Gasteiger partial charge in [0.2, 0.25) is 0 Å². The molecule has 2 fully saturated rings. The molecule has 2 heterocycles. The molecule has 1 saturated carbocycles. The van der Waals surface area contributed by atoms with Gasteiger partial charge >= 0.3 is 0 Å². The van der Waals surface area contributed by atoms with E-state index in [9.17, 15) is 0 Å². The van der Waals surface area contributed by atoms with Gasteiger partial charge in [0.25, 0.3) is 0 Å². The fraction of sp³-hybridized carbons (Fsp3) is 0.706. The Morgan fingerprint density at radius 3 is 2.48 bits per heavy atom. The summed E-state index contributed by atoms with van der Waals surface area (Å²) in [7, 11) is 0. The zero-order chi connectivity index (χ0) is 14.7. The molecule has 4 heteroatoms. The first kappa shape index (κ1) is 14.8. The maximum absolute atomic E-state index is 6.03. The van der Waals surface area contributed by atoms with Crippen molar-refractivity contribution in [2.24, 2.45) is 5.73 Å². The highest BCUT2D eigenvalue weighted by Gasteiger charge is 2.26. The lowest BCUT2D eigenvalue weighted by Gasteiger charge is -2.39. The van der Waals surface area contributed by atoms with Gasteiger partial charge in [-0.1, -0.05) is 19.8 Å². The molecule has 0 radical (unpaired) electrons. The molecular formula is C17H28N4. The van der Waals surface area contributed by atoms with Crippen LogP contribution in [0.1, 0.15) is 50.8 Å². The van der Waals surface area contributed by atoms with Crippen LogP contribution in [-0.2, 0) is 0 Å². The largest absolute Gasteiger partial charge is 0.368 e. The summed E-state index contributed by atoms with van der Waals surface area (Å²) in [4.78, 5) is 9.69. The van der Waals surface area contributed by atoms with E-state index < -0.39 is 0 Å². The van der Waals surface area contributed by atoms with Crippen molar-refractivity contribution in [3.05, 3.63) is 24.0 Å². The Bertz CT molecular complexity index is 431. The van der Waals surface area contributed by atoms with Crippen molar-refractivity contribution in [2.75, 3.05) is 31.1 Å². The Balaban J connectivity index is 1.56. The van der Waals surface area contributed by atoms with Gasteiger partial charge in [0, 0.05) is 38.3 Å². The van der Waals surface area contributed by atoms with E-state index in [1.165, 1.54) is 44.5 Å². The lowest BCUT2D eigenvalue weighted by atomic mass is 10.1. The minimum absolute atomic E-state index is 0.0678. The van der Waals surface area contributed by atoms with Crippen LogP contribution in [0.25, 0.3) is 0 Å². The topological polar surface area (TPSA) is 45.4 Å². The smallest absolute Gasteiger partial charge is 0.0572 e. The number of rotatable bonds is 4. The molecule has 0 bridgehead atoms. The number of pyridine rings is 1. The highest BCUT2D eigenvalue weighted by atomic mass is 15.3. The van der Waals surface area contributed by atoms with Crippen LogP contribution >= 0.6 is 0 Å². The summed E-state index contributed by atoms with van der Waals surface area (Å²) in [6.45, 7) is 6.74. The molecule has 1 aliphatic carbocycles. The number of anilines is 1. The van der Waals surface area contributed by atoms with Crippen LogP contribution in [0.3, 0.4) is 0 Å². The Morgan fingerprint density at radius 2 is 1.90 bits per heavy atom. The molecule has 0 spiro atoms. The first-order chi connectivity index (χ1) is 10.3. The van der Waals surface area contributed by atoms with Gasteiger partial charge in [0.05, 0.1) is 17.6 Å². The summed E-state index contributed by atoms with van der Waals surface area (Å²) in [5.41, 5.74) is 8.28. The van der Waals surface area contributed by atoms with E-state index in [1.807, 2.05) is 6.20 Å². The van der Waals surface area contributed by atoms with Crippen LogP contribution in [0, 0.1) is 0 Å². The summed E-state index contributed by atoms with van der Waals surface area (Å²) >= 11 is 0. The van der Waals surface area contributed by atoms with Crippen LogP contribution in [-0.4, -0.2) is 42.1 Å². The molecule has 2 aliphatic rings. The fourth-order valence-electron chi connectivity index (χ4n) is 3.63. The third kappa shape index (κ3) is 3.38.